The van der Waals surface area contributed by atoms with E-state index in [0.29, 0.717) is 41.1 Å². The summed E-state index contributed by atoms with van der Waals surface area (Å²) >= 11 is 6.45. The molecule has 0 spiro atoms. The van der Waals surface area contributed by atoms with Crippen LogP contribution >= 0.6 is 39.0 Å². The highest BCUT2D eigenvalue weighted by Gasteiger charge is 2.46. The summed E-state index contributed by atoms with van der Waals surface area (Å²) in [5.74, 6) is 1.06. The van der Waals surface area contributed by atoms with Gasteiger partial charge in [0.15, 0.2) is 10.9 Å². The first-order valence-corrected chi connectivity index (χ1v) is 15.2. The quantitative estimate of drug-likeness (QED) is 0.270. The van der Waals surface area contributed by atoms with Crippen molar-refractivity contribution in [2.75, 3.05) is 34.5 Å². The fraction of sp³-hybridized carbons (Fsp3) is 0.400. The summed E-state index contributed by atoms with van der Waals surface area (Å²) in [6.45, 7) is 5.10. The molecule has 0 saturated carbocycles. The van der Waals surface area contributed by atoms with E-state index in [1.54, 1.807) is 11.3 Å². The molecule has 13 heteroatoms. The van der Waals surface area contributed by atoms with Crippen LogP contribution in [-0.2, 0) is 18.6 Å². The number of anilines is 3. The summed E-state index contributed by atoms with van der Waals surface area (Å²) in [4.78, 5) is 35.0. The summed E-state index contributed by atoms with van der Waals surface area (Å²) in [5, 5.41) is 21.3. The summed E-state index contributed by atoms with van der Waals surface area (Å²) in [6.07, 6.45) is 4.00. The van der Waals surface area contributed by atoms with Crippen molar-refractivity contribution in [3.05, 3.63) is 55.1 Å². The van der Waals surface area contributed by atoms with Crippen LogP contribution in [-0.4, -0.2) is 48.6 Å². The molecule has 10 nitrogen and oxygen atoms in total. The minimum absolute atomic E-state index is 0.145. The minimum Gasteiger partial charge on any atom is -0.365 e. The van der Waals surface area contributed by atoms with Crippen molar-refractivity contribution in [2.45, 2.75) is 50.4 Å². The van der Waals surface area contributed by atoms with Crippen LogP contribution in [0, 0.1) is 0 Å². The Morgan fingerprint density at radius 3 is 2.39 bits per heavy atom. The topological polar surface area (TPSA) is 121 Å². The number of rotatable bonds is 6. The van der Waals surface area contributed by atoms with E-state index in [2.05, 4.69) is 41.5 Å². The summed E-state index contributed by atoms with van der Waals surface area (Å²) in [5.41, 5.74) is -0.165. The van der Waals surface area contributed by atoms with Crippen molar-refractivity contribution in [2.24, 2.45) is 0 Å². The summed E-state index contributed by atoms with van der Waals surface area (Å²) in [7, 11) is 0. The molecule has 38 heavy (non-hydrogen) atoms. The average molecular weight is 616 g/mol. The van der Waals surface area contributed by atoms with E-state index in [1.165, 1.54) is 26.3 Å². The smallest absolute Gasteiger partial charge is 0.282 e. The number of benzene rings is 1. The van der Waals surface area contributed by atoms with Crippen LogP contribution in [0.4, 0.5) is 17.8 Å². The summed E-state index contributed by atoms with van der Waals surface area (Å²) < 4.78 is 2.34. The van der Waals surface area contributed by atoms with Crippen LogP contribution < -0.4 is 21.2 Å². The van der Waals surface area contributed by atoms with Crippen LogP contribution in [0.2, 0.25) is 0 Å². The lowest BCUT2D eigenvalue weighted by Crippen LogP contribution is -2.58. The van der Waals surface area contributed by atoms with Gasteiger partial charge in [-0.25, -0.2) is 9.99 Å². The maximum absolute atomic E-state index is 14.3. The van der Waals surface area contributed by atoms with Crippen molar-refractivity contribution >= 4 is 67.1 Å². The van der Waals surface area contributed by atoms with Crippen LogP contribution in [0.3, 0.4) is 0 Å². The number of aliphatic hydroxyl groups is 1. The Kier molecular flexibility index (Phi) is 6.79. The van der Waals surface area contributed by atoms with Crippen molar-refractivity contribution < 1.29 is 5.11 Å². The molecule has 2 aliphatic rings. The van der Waals surface area contributed by atoms with Gasteiger partial charge in [0.05, 0.1) is 11.1 Å². The van der Waals surface area contributed by atoms with Gasteiger partial charge in [0.1, 0.15) is 4.83 Å². The van der Waals surface area contributed by atoms with Gasteiger partial charge in [0.25, 0.3) is 11.5 Å². The maximum Gasteiger partial charge on any atom is 0.282 e. The van der Waals surface area contributed by atoms with Crippen LogP contribution in [0.5, 0.6) is 0 Å². The lowest BCUT2D eigenvalue weighted by Gasteiger charge is -2.43. The molecule has 4 aromatic rings. The number of halogens is 1. The monoisotopic (exact) mass is 614 g/mol. The number of fused-ring (bicyclic) bond motifs is 4. The van der Waals surface area contributed by atoms with E-state index >= 15 is 0 Å². The number of aryl methyl sites for hydroxylation is 2. The molecule has 4 heterocycles. The zero-order valence-electron chi connectivity index (χ0n) is 21.0. The normalized spacial score (nSPS) is 18.8. The predicted octanol–water partition coefficient (Wildman–Crippen LogP) is 4.37. The van der Waals surface area contributed by atoms with E-state index < -0.39 is 5.72 Å². The molecule has 0 fully saturated rings. The molecule has 0 saturated heterocycles. The highest BCUT2D eigenvalue weighted by Crippen LogP contribution is 2.42. The van der Waals surface area contributed by atoms with Crippen molar-refractivity contribution in [1.29, 1.82) is 0 Å². The van der Waals surface area contributed by atoms with Gasteiger partial charge in [0, 0.05) is 28.0 Å². The molecule has 0 radical (unpaired) electrons. The molecular formula is C25H27BrN8O2S2. The van der Waals surface area contributed by atoms with Gasteiger partial charge in [-0.3, -0.25) is 4.79 Å². The van der Waals surface area contributed by atoms with Gasteiger partial charge < -0.3 is 15.7 Å². The number of aromatic nitrogens is 5. The Labute approximate surface area is 236 Å². The van der Waals surface area contributed by atoms with Gasteiger partial charge >= 0.3 is 0 Å². The molecular weight excluding hydrogens is 588 g/mol. The first-order chi connectivity index (χ1) is 18.4. The zero-order valence-corrected chi connectivity index (χ0v) is 24.2. The van der Waals surface area contributed by atoms with Crippen LogP contribution in [0.15, 0.2) is 38.7 Å². The van der Waals surface area contributed by atoms with Crippen LogP contribution in [0.25, 0.3) is 10.2 Å². The third-order valence-electron chi connectivity index (χ3n) is 6.68. The van der Waals surface area contributed by atoms with Crippen LogP contribution in [0.1, 0.15) is 42.7 Å². The van der Waals surface area contributed by atoms with Gasteiger partial charge in [-0.15, -0.1) is 11.3 Å². The largest absolute Gasteiger partial charge is 0.365 e. The highest BCUT2D eigenvalue weighted by atomic mass is 79.9. The van der Waals surface area contributed by atoms with Gasteiger partial charge in [0.2, 0.25) is 11.9 Å². The second-order valence-electron chi connectivity index (χ2n) is 9.17. The minimum atomic E-state index is -1.64. The van der Waals surface area contributed by atoms with E-state index in [1.807, 2.05) is 38.1 Å². The second-order valence-corrected chi connectivity index (χ2v) is 12.1. The van der Waals surface area contributed by atoms with E-state index in [0.717, 1.165) is 40.5 Å². The molecule has 1 aliphatic carbocycles. The number of hydrogen-bond acceptors (Lipinski definition) is 11. The SMILES string of the molecule is CCNc1nc(NCC)nc(N2n3c(nc4sc5c(c4c3=O)CCCC5)SC[C@@]2(O)c2ccc(Br)cc2)n1. The molecule has 0 amide bonds. The number of hydrogen-bond donors (Lipinski definition) is 3. The molecule has 3 aromatic heterocycles. The fourth-order valence-electron chi connectivity index (χ4n) is 4.95. The standard InChI is InChI=1S/C25H27BrN8O2S2/c1-3-27-21-30-22(28-4-2)32-23(31-21)34-25(36,14-9-11-15(26)12-10-14)13-37-24-29-19-18(20(35)33(24)34)16-7-5-6-8-17(16)38-19/h9-12,36H,3-8,13H2,1-2H3,(H2,27,28,30,31,32)/t25-/m1/s1. The predicted molar refractivity (Wildman–Crippen MR) is 155 cm³/mol. The van der Waals surface area contributed by atoms with E-state index in [9.17, 15) is 9.90 Å². The highest BCUT2D eigenvalue weighted by molar-refractivity contribution is 9.10. The molecule has 3 N–H and O–H groups in total. The van der Waals surface area contributed by atoms with Gasteiger partial charge in [-0.2, -0.15) is 19.6 Å². The average Bonchev–Trinajstić information content (AvgIpc) is 3.28. The molecule has 0 bridgehead atoms. The third kappa shape index (κ3) is 4.25. The fourth-order valence-corrected chi connectivity index (χ4v) is 7.59. The number of nitrogens with one attached hydrogen (secondary N) is 2. The third-order valence-corrected chi connectivity index (χ3v) is 9.46. The molecule has 1 aliphatic heterocycles. The van der Waals surface area contributed by atoms with Crippen molar-refractivity contribution in [3.8, 4) is 0 Å². The lowest BCUT2D eigenvalue weighted by atomic mass is 9.97. The second kappa shape index (κ2) is 10.1. The van der Waals surface area contributed by atoms with Crippen molar-refractivity contribution in [3.63, 3.8) is 0 Å². The van der Waals surface area contributed by atoms with Gasteiger partial charge in [-0.05, 0) is 57.2 Å². The zero-order chi connectivity index (χ0) is 26.4. The van der Waals surface area contributed by atoms with Crippen molar-refractivity contribution in [1.82, 2.24) is 24.6 Å². The first-order valence-electron chi connectivity index (χ1n) is 12.7. The molecule has 0 unspecified atom stereocenters. The van der Waals surface area contributed by atoms with E-state index in [-0.39, 0.29) is 17.3 Å². The van der Waals surface area contributed by atoms with Gasteiger partial charge in [-0.1, -0.05) is 39.8 Å². The molecule has 1 aromatic carbocycles. The Balaban J connectivity index is 1.64. The molecule has 198 valence electrons. The Bertz CT molecular complexity index is 1550. The number of nitrogens with zero attached hydrogens (tertiary/aromatic N) is 6. The molecule has 6 rings (SSSR count). The Morgan fingerprint density at radius 1 is 1.03 bits per heavy atom. The number of thioether (sulfide) groups is 1. The number of thiophene rings is 1. The Hall–Kier alpha value is -2.74. The lowest BCUT2D eigenvalue weighted by molar-refractivity contribution is 0.0384. The Morgan fingerprint density at radius 2 is 1.71 bits per heavy atom. The van der Waals surface area contributed by atoms with E-state index in [4.69, 9.17) is 4.98 Å². The first kappa shape index (κ1) is 25.5. The molecule has 1 atom stereocenters. The summed E-state index contributed by atoms with van der Waals surface area (Å²) in [6, 6.07) is 7.41. The maximum atomic E-state index is 14.3.